The second-order valence-electron chi connectivity index (χ2n) is 7.45. The summed E-state index contributed by atoms with van der Waals surface area (Å²) in [6.45, 7) is -0.153. The van der Waals surface area contributed by atoms with Crippen LogP contribution >= 0.6 is 0 Å². The van der Waals surface area contributed by atoms with Gasteiger partial charge in [-0.2, -0.15) is 15.0 Å². The maximum atomic E-state index is 13.3. The largest absolute Gasteiger partial charge is 0.368 e. The summed E-state index contributed by atoms with van der Waals surface area (Å²) in [4.78, 5) is 39.4. The van der Waals surface area contributed by atoms with Crippen molar-refractivity contribution < 1.29 is 14.0 Å². The first kappa shape index (κ1) is 18.9. The van der Waals surface area contributed by atoms with Gasteiger partial charge < -0.3 is 16.4 Å². The van der Waals surface area contributed by atoms with Crippen LogP contribution in [0.25, 0.3) is 0 Å². The number of rotatable bonds is 4. The Bertz CT molecular complexity index is 1200. The SMILES string of the molecule is Nc1nc(CN2C(=O)NC3(CCc4ccccc43)C2=O)nc(Nc2ccc(F)cc2)n1. The van der Waals surface area contributed by atoms with Crippen LogP contribution in [0.2, 0.25) is 0 Å². The molecule has 4 N–H and O–H groups in total. The number of nitrogens with zero attached hydrogens (tertiary/aromatic N) is 4. The van der Waals surface area contributed by atoms with Gasteiger partial charge in [0.1, 0.15) is 11.4 Å². The fourth-order valence-electron chi connectivity index (χ4n) is 4.10. The van der Waals surface area contributed by atoms with E-state index in [-0.39, 0.29) is 36.0 Å². The normalized spacial score (nSPS) is 19.6. The van der Waals surface area contributed by atoms with Gasteiger partial charge in [0.25, 0.3) is 5.91 Å². The Labute approximate surface area is 176 Å². The highest BCUT2D eigenvalue weighted by atomic mass is 19.1. The molecule has 0 radical (unpaired) electrons. The molecular formula is C21H18FN7O2. The molecule has 2 heterocycles. The first-order valence-electron chi connectivity index (χ1n) is 9.70. The number of nitrogens with one attached hydrogen (secondary N) is 2. The van der Waals surface area contributed by atoms with E-state index < -0.39 is 11.6 Å². The maximum absolute atomic E-state index is 13.3. The molecule has 2 aliphatic rings. The van der Waals surface area contributed by atoms with E-state index in [2.05, 4.69) is 25.6 Å². The molecule has 1 aliphatic carbocycles. The van der Waals surface area contributed by atoms with Crippen molar-refractivity contribution in [2.75, 3.05) is 11.1 Å². The Kier molecular flexibility index (Phi) is 4.28. The molecule has 3 aromatic rings. The van der Waals surface area contributed by atoms with Crippen molar-refractivity contribution in [1.82, 2.24) is 25.2 Å². The van der Waals surface area contributed by atoms with Crippen molar-refractivity contribution >= 4 is 29.5 Å². The summed E-state index contributed by atoms with van der Waals surface area (Å²) in [5.41, 5.74) is 7.16. The highest BCUT2D eigenvalue weighted by Crippen LogP contribution is 2.41. The zero-order chi connectivity index (χ0) is 21.6. The van der Waals surface area contributed by atoms with Gasteiger partial charge in [0.05, 0.1) is 6.54 Å². The van der Waals surface area contributed by atoms with Gasteiger partial charge >= 0.3 is 6.03 Å². The average Bonchev–Trinajstić information content (AvgIpc) is 3.23. The fourth-order valence-corrected chi connectivity index (χ4v) is 4.10. The van der Waals surface area contributed by atoms with Crippen molar-refractivity contribution in [3.05, 3.63) is 71.3 Å². The number of urea groups is 1. The number of benzene rings is 2. The Hall–Kier alpha value is -4.08. The minimum Gasteiger partial charge on any atom is -0.368 e. The van der Waals surface area contributed by atoms with Crippen molar-refractivity contribution in [2.24, 2.45) is 0 Å². The lowest BCUT2D eigenvalue weighted by molar-refractivity contribution is -0.132. The third-order valence-corrected chi connectivity index (χ3v) is 5.52. The summed E-state index contributed by atoms with van der Waals surface area (Å²) in [6.07, 6.45) is 1.21. The van der Waals surface area contributed by atoms with Crippen molar-refractivity contribution in [3.63, 3.8) is 0 Å². The predicted molar refractivity (Wildman–Crippen MR) is 109 cm³/mol. The van der Waals surface area contributed by atoms with Crippen LogP contribution in [0.4, 0.5) is 26.8 Å². The molecule has 1 spiro atoms. The number of fused-ring (bicyclic) bond motifs is 2. The number of halogens is 1. The summed E-state index contributed by atoms with van der Waals surface area (Å²) >= 11 is 0. The Morgan fingerprint density at radius 3 is 2.68 bits per heavy atom. The fraction of sp³-hybridized carbons (Fsp3) is 0.190. The van der Waals surface area contributed by atoms with Gasteiger partial charge in [0, 0.05) is 5.69 Å². The molecule has 9 nitrogen and oxygen atoms in total. The van der Waals surface area contributed by atoms with E-state index in [0.29, 0.717) is 18.5 Å². The molecule has 10 heteroatoms. The second-order valence-corrected chi connectivity index (χ2v) is 7.45. The van der Waals surface area contributed by atoms with E-state index >= 15 is 0 Å². The van der Waals surface area contributed by atoms with Crippen LogP contribution in [0.5, 0.6) is 0 Å². The number of nitrogen functional groups attached to an aromatic ring is 1. The van der Waals surface area contributed by atoms with Gasteiger partial charge in [-0.1, -0.05) is 24.3 Å². The topological polar surface area (TPSA) is 126 Å². The molecule has 3 amide bonds. The van der Waals surface area contributed by atoms with E-state index in [1.165, 1.54) is 24.3 Å². The monoisotopic (exact) mass is 419 g/mol. The summed E-state index contributed by atoms with van der Waals surface area (Å²) in [5.74, 6) is -0.495. The molecule has 1 atom stereocenters. The van der Waals surface area contributed by atoms with Crippen LogP contribution in [-0.2, 0) is 23.3 Å². The lowest BCUT2D eigenvalue weighted by Crippen LogP contribution is -2.41. The smallest absolute Gasteiger partial charge is 0.325 e. The number of carbonyl (C=O) groups excluding carboxylic acids is 2. The highest BCUT2D eigenvalue weighted by molar-refractivity contribution is 6.08. The van der Waals surface area contributed by atoms with Crippen molar-refractivity contribution in [2.45, 2.75) is 24.9 Å². The Balaban J connectivity index is 1.40. The molecule has 1 saturated heterocycles. The number of aryl methyl sites for hydroxylation is 1. The third-order valence-electron chi connectivity index (χ3n) is 5.52. The van der Waals surface area contributed by atoms with Crippen LogP contribution in [0.1, 0.15) is 23.4 Å². The predicted octanol–water partition coefficient (Wildman–Crippen LogP) is 2.23. The standard InChI is InChI=1S/C21H18FN7O2/c22-13-5-7-14(8-6-13)24-19-26-16(25-18(23)27-19)11-29-17(30)21(28-20(29)31)10-9-12-3-1-2-4-15(12)21/h1-8H,9-11H2,(H,28,31)(H3,23,24,25,26,27). The number of nitrogens with two attached hydrogens (primary N) is 1. The summed E-state index contributed by atoms with van der Waals surface area (Å²) < 4.78 is 13.1. The van der Waals surface area contributed by atoms with Crippen molar-refractivity contribution in [1.29, 1.82) is 0 Å². The van der Waals surface area contributed by atoms with E-state index in [9.17, 15) is 14.0 Å². The lowest BCUT2D eigenvalue weighted by Gasteiger charge is -2.22. The van der Waals surface area contributed by atoms with Gasteiger partial charge in [-0.25, -0.2) is 9.18 Å². The first-order chi connectivity index (χ1) is 14.9. The molecule has 0 bridgehead atoms. The minimum atomic E-state index is -1.05. The van der Waals surface area contributed by atoms with E-state index in [1.807, 2.05) is 24.3 Å². The zero-order valence-electron chi connectivity index (χ0n) is 16.3. The molecule has 0 saturated carbocycles. The zero-order valence-corrected chi connectivity index (χ0v) is 16.3. The molecule has 31 heavy (non-hydrogen) atoms. The molecule has 156 valence electrons. The lowest BCUT2D eigenvalue weighted by atomic mass is 9.92. The number of anilines is 3. The number of amides is 3. The Morgan fingerprint density at radius 1 is 1.10 bits per heavy atom. The Morgan fingerprint density at radius 2 is 1.87 bits per heavy atom. The van der Waals surface area contributed by atoms with Crippen LogP contribution in [0, 0.1) is 5.82 Å². The first-order valence-corrected chi connectivity index (χ1v) is 9.70. The highest BCUT2D eigenvalue weighted by Gasteiger charge is 2.55. The van der Waals surface area contributed by atoms with Gasteiger partial charge in [-0.3, -0.25) is 9.69 Å². The number of hydrogen-bond donors (Lipinski definition) is 3. The molecule has 2 aromatic carbocycles. The molecule has 5 rings (SSSR count). The van der Waals surface area contributed by atoms with Crippen LogP contribution in [0.3, 0.4) is 0 Å². The van der Waals surface area contributed by atoms with Gasteiger partial charge in [-0.05, 0) is 48.2 Å². The van der Waals surface area contributed by atoms with Gasteiger partial charge in [0.15, 0.2) is 5.82 Å². The molecular weight excluding hydrogens is 401 g/mol. The maximum Gasteiger partial charge on any atom is 0.325 e. The average molecular weight is 419 g/mol. The number of imide groups is 1. The summed E-state index contributed by atoms with van der Waals surface area (Å²) in [5, 5.41) is 5.77. The van der Waals surface area contributed by atoms with E-state index in [1.54, 1.807) is 0 Å². The molecule has 1 aliphatic heterocycles. The summed E-state index contributed by atoms with van der Waals surface area (Å²) in [6, 6.07) is 12.7. The van der Waals surface area contributed by atoms with Crippen LogP contribution in [0.15, 0.2) is 48.5 Å². The number of hydrogen-bond acceptors (Lipinski definition) is 7. The van der Waals surface area contributed by atoms with Crippen LogP contribution in [-0.4, -0.2) is 31.8 Å². The molecule has 1 aromatic heterocycles. The second kappa shape index (κ2) is 7.01. The molecule has 1 fully saturated rings. The van der Waals surface area contributed by atoms with Gasteiger partial charge in [0.2, 0.25) is 11.9 Å². The van der Waals surface area contributed by atoms with E-state index in [0.717, 1.165) is 16.0 Å². The third kappa shape index (κ3) is 3.21. The van der Waals surface area contributed by atoms with Crippen LogP contribution < -0.4 is 16.4 Å². The van der Waals surface area contributed by atoms with Gasteiger partial charge in [-0.15, -0.1) is 0 Å². The number of carbonyl (C=O) groups is 2. The summed E-state index contributed by atoms with van der Waals surface area (Å²) in [7, 11) is 0. The quantitative estimate of drug-likeness (QED) is 0.554. The number of aromatic nitrogens is 3. The molecule has 1 unspecified atom stereocenters. The minimum absolute atomic E-state index is 0.0670. The van der Waals surface area contributed by atoms with Crippen molar-refractivity contribution in [3.8, 4) is 0 Å². The van der Waals surface area contributed by atoms with E-state index in [4.69, 9.17) is 5.73 Å².